The van der Waals surface area contributed by atoms with E-state index in [1.807, 2.05) is 0 Å². The first-order chi connectivity index (χ1) is 14.7. The van der Waals surface area contributed by atoms with E-state index in [1.54, 1.807) is 18.2 Å². The topological polar surface area (TPSA) is 191 Å². The SMILES string of the molecule is Nc1nc2[nH]c(CCCCc3ccc(C(=O)N[C@@H](CC(=O)O)C(=O)O)s3)cc2c(=O)[nH]1. The highest BCUT2D eigenvalue weighted by Crippen LogP contribution is 2.20. The minimum absolute atomic E-state index is 0.0565. The molecule has 0 fully saturated rings. The van der Waals surface area contributed by atoms with E-state index in [0.29, 0.717) is 22.3 Å². The first-order valence-corrected chi connectivity index (χ1v) is 10.3. The fraction of sp³-hybridized carbons (Fsp3) is 0.316. The van der Waals surface area contributed by atoms with Crippen LogP contribution in [0.2, 0.25) is 0 Å². The van der Waals surface area contributed by atoms with E-state index in [4.69, 9.17) is 15.9 Å². The van der Waals surface area contributed by atoms with Gasteiger partial charge in [-0.1, -0.05) is 0 Å². The Kier molecular flexibility index (Phi) is 6.70. The Morgan fingerprint density at radius 2 is 1.90 bits per heavy atom. The molecule has 31 heavy (non-hydrogen) atoms. The van der Waals surface area contributed by atoms with Gasteiger partial charge in [0.25, 0.3) is 11.5 Å². The molecule has 3 heterocycles. The lowest BCUT2D eigenvalue weighted by Crippen LogP contribution is -2.41. The van der Waals surface area contributed by atoms with Gasteiger partial charge in [0, 0.05) is 10.6 Å². The maximum Gasteiger partial charge on any atom is 0.326 e. The van der Waals surface area contributed by atoms with Crippen molar-refractivity contribution in [1.29, 1.82) is 0 Å². The first kappa shape index (κ1) is 22.0. The van der Waals surface area contributed by atoms with Crippen LogP contribution in [0.1, 0.15) is 39.5 Å². The number of hydrogen-bond donors (Lipinski definition) is 6. The molecule has 0 bridgehead atoms. The monoisotopic (exact) mass is 447 g/mol. The molecule has 0 saturated heterocycles. The summed E-state index contributed by atoms with van der Waals surface area (Å²) in [6, 6.07) is 3.66. The van der Waals surface area contributed by atoms with Gasteiger partial charge in [-0.15, -0.1) is 11.3 Å². The van der Waals surface area contributed by atoms with Crippen molar-refractivity contribution in [3.05, 3.63) is 44.0 Å². The molecule has 11 nitrogen and oxygen atoms in total. The Hall–Kier alpha value is -3.67. The minimum atomic E-state index is -1.48. The average Bonchev–Trinajstić information content (AvgIpc) is 3.31. The molecular formula is C19H21N5O6S. The van der Waals surface area contributed by atoms with Gasteiger partial charge in [-0.25, -0.2) is 4.79 Å². The van der Waals surface area contributed by atoms with Crippen LogP contribution in [0.3, 0.4) is 0 Å². The molecule has 0 unspecified atom stereocenters. The molecule has 3 rings (SSSR count). The summed E-state index contributed by atoms with van der Waals surface area (Å²) < 4.78 is 0. The third kappa shape index (κ3) is 5.69. The summed E-state index contributed by atoms with van der Waals surface area (Å²) in [7, 11) is 0. The molecule has 0 aliphatic heterocycles. The second kappa shape index (κ2) is 9.43. The van der Waals surface area contributed by atoms with Crippen LogP contribution in [0.15, 0.2) is 23.0 Å². The summed E-state index contributed by atoms with van der Waals surface area (Å²) in [5.41, 5.74) is 6.58. The Balaban J connectivity index is 1.50. The lowest BCUT2D eigenvalue weighted by atomic mass is 10.1. The summed E-state index contributed by atoms with van der Waals surface area (Å²) in [4.78, 5) is 56.7. The fourth-order valence-electron chi connectivity index (χ4n) is 3.08. The number of hydrogen-bond acceptors (Lipinski definition) is 7. The molecule has 0 aromatic carbocycles. The van der Waals surface area contributed by atoms with Crippen molar-refractivity contribution in [2.45, 2.75) is 38.1 Å². The molecule has 0 aliphatic rings. The lowest BCUT2D eigenvalue weighted by Gasteiger charge is -2.11. The van der Waals surface area contributed by atoms with Crippen molar-refractivity contribution in [2.24, 2.45) is 0 Å². The van der Waals surface area contributed by atoms with Crippen LogP contribution in [-0.2, 0) is 22.4 Å². The van der Waals surface area contributed by atoms with Gasteiger partial charge in [0.05, 0.1) is 16.7 Å². The number of amides is 1. The molecule has 1 atom stereocenters. The summed E-state index contributed by atoms with van der Waals surface area (Å²) in [6.45, 7) is 0. The van der Waals surface area contributed by atoms with Crippen molar-refractivity contribution in [2.75, 3.05) is 5.73 Å². The number of carbonyl (C=O) groups excluding carboxylic acids is 1. The number of anilines is 1. The van der Waals surface area contributed by atoms with Crippen molar-refractivity contribution >= 4 is 46.2 Å². The molecule has 0 aliphatic carbocycles. The summed E-state index contributed by atoms with van der Waals surface area (Å²) >= 11 is 1.24. The van der Waals surface area contributed by atoms with E-state index >= 15 is 0 Å². The predicted molar refractivity (Wildman–Crippen MR) is 113 cm³/mol. The van der Waals surface area contributed by atoms with Crippen LogP contribution in [0, 0.1) is 0 Å². The number of rotatable bonds is 10. The van der Waals surface area contributed by atoms with Gasteiger partial charge in [-0.05, 0) is 43.9 Å². The largest absolute Gasteiger partial charge is 0.481 e. The first-order valence-electron chi connectivity index (χ1n) is 9.44. The number of H-pyrrole nitrogens is 2. The quantitative estimate of drug-likeness (QED) is 0.249. The minimum Gasteiger partial charge on any atom is -0.481 e. The molecule has 0 spiro atoms. The highest BCUT2D eigenvalue weighted by molar-refractivity contribution is 7.14. The number of aromatic nitrogens is 3. The van der Waals surface area contributed by atoms with Gasteiger partial charge in [0.2, 0.25) is 5.95 Å². The van der Waals surface area contributed by atoms with Crippen molar-refractivity contribution in [3.63, 3.8) is 0 Å². The molecule has 12 heteroatoms. The average molecular weight is 447 g/mol. The fourth-order valence-corrected chi connectivity index (χ4v) is 4.03. The smallest absolute Gasteiger partial charge is 0.326 e. The summed E-state index contributed by atoms with van der Waals surface area (Å²) in [5.74, 6) is -3.26. The number of aryl methyl sites for hydroxylation is 2. The maximum absolute atomic E-state index is 12.2. The number of carboxylic acids is 2. The Morgan fingerprint density at radius 3 is 2.61 bits per heavy atom. The maximum atomic E-state index is 12.2. The standard InChI is InChI=1S/C19H21N5O6S/c20-19-23-15-11(16(27)24-19)7-9(21-15)3-1-2-4-10-5-6-13(31-10)17(28)22-12(18(29)30)8-14(25)26/h5-7,12H,1-4,8H2,(H,22,28)(H,25,26)(H,29,30)(H4,20,21,23,24,27)/t12-/m0/s1. The molecule has 3 aromatic heterocycles. The van der Waals surface area contributed by atoms with Crippen molar-refractivity contribution < 1.29 is 24.6 Å². The second-order valence-electron chi connectivity index (χ2n) is 6.94. The number of nitrogens with two attached hydrogens (primary N) is 1. The molecule has 1 amide bonds. The zero-order valence-corrected chi connectivity index (χ0v) is 17.1. The van der Waals surface area contributed by atoms with Gasteiger partial charge in [-0.2, -0.15) is 4.98 Å². The van der Waals surface area contributed by atoms with Crippen LogP contribution in [0.4, 0.5) is 5.95 Å². The summed E-state index contributed by atoms with van der Waals surface area (Å²) in [6.07, 6.45) is 2.41. The summed E-state index contributed by atoms with van der Waals surface area (Å²) in [5, 5.41) is 20.5. The molecule has 7 N–H and O–H groups in total. The molecule has 0 saturated carbocycles. The molecule has 0 radical (unpaired) electrons. The third-order valence-corrected chi connectivity index (χ3v) is 5.70. The van der Waals surface area contributed by atoms with Crippen LogP contribution in [0.25, 0.3) is 11.0 Å². The Bertz CT molecular complexity index is 1180. The number of nitrogen functional groups attached to an aromatic ring is 1. The zero-order chi connectivity index (χ0) is 22.5. The van der Waals surface area contributed by atoms with Gasteiger partial charge in [0.15, 0.2) is 0 Å². The Morgan fingerprint density at radius 1 is 1.16 bits per heavy atom. The van der Waals surface area contributed by atoms with Gasteiger partial charge < -0.3 is 26.2 Å². The second-order valence-corrected chi connectivity index (χ2v) is 8.11. The number of aromatic amines is 2. The van der Waals surface area contributed by atoms with Gasteiger partial charge in [-0.3, -0.25) is 19.4 Å². The number of carboxylic acid groups (broad SMARTS) is 2. The number of unbranched alkanes of at least 4 members (excludes halogenated alkanes) is 1. The number of carbonyl (C=O) groups is 3. The number of fused-ring (bicyclic) bond motifs is 1. The van der Waals surface area contributed by atoms with E-state index in [-0.39, 0.29) is 11.5 Å². The van der Waals surface area contributed by atoms with E-state index in [0.717, 1.165) is 29.8 Å². The molecular weight excluding hydrogens is 426 g/mol. The third-order valence-electron chi connectivity index (χ3n) is 4.56. The highest BCUT2D eigenvalue weighted by Gasteiger charge is 2.24. The number of thiophene rings is 1. The van der Waals surface area contributed by atoms with Crippen molar-refractivity contribution in [3.8, 4) is 0 Å². The van der Waals surface area contributed by atoms with E-state index < -0.39 is 30.3 Å². The van der Waals surface area contributed by atoms with E-state index in [2.05, 4.69) is 20.3 Å². The molecule has 3 aromatic rings. The normalized spacial score (nSPS) is 12.0. The van der Waals surface area contributed by atoms with E-state index in [1.165, 1.54) is 11.3 Å². The van der Waals surface area contributed by atoms with E-state index in [9.17, 15) is 19.2 Å². The van der Waals surface area contributed by atoms with Gasteiger partial charge in [0.1, 0.15) is 11.7 Å². The van der Waals surface area contributed by atoms with Crippen LogP contribution in [0.5, 0.6) is 0 Å². The number of aliphatic carboxylic acids is 2. The predicted octanol–water partition coefficient (Wildman–Crippen LogP) is 1.12. The van der Waals surface area contributed by atoms with Crippen LogP contribution in [-0.4, -0.2) is 49.1 Å². The van der Waals surface area contributed by atoms with Gasteiger partial charge >= 0.3 is 11.9 Å². The van der Waals surface area contributed by atoms with Crippen LogP contribution >= 0.6 is 11.3 Å². The Labute approximate surface area is 179 Å². The number of nitrogens with one attached hydrogen (secondary N) is 3. The van der Waals surface area contributed by atoms with Crippen molar-refractivity contribution in [1.82, 2.24) is 20.3 Å². The highest BCUT2D eigenvalue weighted by atomic mass is 32.1. The van der Waals surface area contributed by atoms with Crippen LogP contribution < -0.4 is 16.6 Å². The zero-order valence-electron chi connectivity index (χ0n) is 16.3. The number of nitrogens with zero attached hydrogens (tertiary/aromatic N) is 1. The lowest BCUT2D eigenvalue weighted by molar-refractivity contribution is -0.145. The molecule has 164 valence electrons.